The maximum Gasteiger partial charge on any atom is 0.349 e. The molecule has 6 nitrogen and oxygen atoms in total. The number of carboxylic acid groups (broad SMARTS) is 1. The van der Waals surface area contributed by atoms with Crippen LogP contribution in [0.5, 0.6) is 11.5 Å². The van der Waals surface area contributed by atoms with Gasteiger partial charge in [-0.3, -0.25) is 4.79 Å². The molecule has 2 rings (SSSR count). The van der Waals surface area contributed by atoms with Crippen molar-refractivity contribution < 1.29 is 28.9 Å². The Kier molecular flexibility index (Phi) is 5.21. The van der Waals surface area contributed by atoms with Crippen LogP contribution in [0.1, 0.15) is 15.9 Å². The highest BCUT2D eigenvalue weighted by Gasteiger charge is 2.50. The number of hydrogen-bond donors (Lipinski definition) is 1. The minimum absolute atomic E-state index is 0.0923. The molecule has 0 aromatic heterocycles. The fourth-order valence-corrected chi connectivity index (χ4v) is 2.51. The van der Waals surface area contributed by atoms with Crippen LogP contribution < -0.4 is 9.47 Å². The summed E-state index contributed by atoms with van der Waals surface area (Å²) >= 11 is 0. The quantitative estimate of drug-likeness (QED) is 0.620. The molecule has 0 saturated carbocycles. The van der Waals surface area contributed by atoms with Crippen LogP contribution in [-0.4, -0.2) is 38.2 Å². The molecule has 2 aromatic rings. The van der Waals surface area contributed by atoms with Crippen LogP contribution in [0.4, 0.5) is 0 Å². The predicted molar refractivity (Wildman–Crippen MR) is 86.6 cm³/mol. The molecule has 0 heterocycles. The molecule has 24 heavy (non-hydrogen) atoms. The molecular formula is C18H18O6. The average molecular weight is 330 g/mol. The molecule has 0 saturated heterocycles. The lowest BCUT2D eigenvalue weighted by molar-refractivity contribution is -0.157. The van der Waals surface area contributed by atoms with Gasteiger partial charge in [0.1, 0.15) is 11.5 Å². The average Bonchev–Trinajstić information content (AvgIpc) is 2.63. The number of methoxy groups -OCH3 is 3. The van der Waals surface area contributed by atoms with E-state index in [1.165, 1.54) is 45.6 Å². The normalized spacial score (nSPS) is 13.0. The van der Waals surface area contributed by atoms with E-state index in [2.05, 4.69) is 0 Å². The van der Waals surface area contributed by atoms with Gasteiger partial charge in [0, 0.05) is 24.3 Å². The summed E-state index contributed by atoms with van der Waals surface area (Å²) < 4.78 is 15.6. The number of ether oxygens (including phenoxy) is 3. The number of aliphatic carboxylic acids is 1. The molecular weight excluding hydrogens is 312 g/mol. The van der Waals surface area contributed by atoms with Crippen LogP contribution in [-0.2, 0) is 15.1 Å². The molecule has 6 heteroatoms. The number of carbonyl (C=O) groups is 2. The van der Waals surface area contributed by atoms with Gasteiger partial charge in [-0.2, -0.15) is 0 Å². The molecule has 0 bridgehead atoms. The minimum Gasteiger partial charge on any atom is -0.497 e. The van der Waals surface area contributed by atoms with Crippen LogP contribution >= 0.6 is 0 Å². The zero-order chi connectivity index (χ0) is 17.7. The first-order valence-electron chi connectivity index (χ1n) is 7.12. The number of hydrogen-bond acceptors (Lipinski definition) is 5. The standard InChI is InChI=1S/C18H18O6/c1-22-13-9-10-14(15(11-13)23-2)18(24-3,17(20)21)16(19)12-7-5-4-6-8-12/h4-11H,1-3H3,(H,20,21). The first kappa shape index (κ1) is 17.5. The summed E-state index contributed by atoms with van der Waals surface area (Å²) in [6, 6.07) is 12.6. The Morgan fingerprint density at radius 3 is 2.12 bits per heavy atom. The summed E-state index contributed by atoms with van der Waals surface area (Å²) in [6.45, 7) is 0. The van der Waals surface area contributed by atoms with E-state index < -0.39 is 17.4 Å². The van der Waals surface area contributed by atoms with Gasteiger partial charge in [0.05, 0.1) is 14.2 Å². The summed E-state index contributed by atoms with van der Waals surface area (Å²) in [7, 11) is 4.04. The molecule has 1 N–H and O–H groups in total. The third-order valence-corrected chi connectivity index (χ3v) is 3.75. The second-order valence-electron chi connectivity index (χ2n) is 4.95. The van der Waals surface area contributed by atoms with Crippen LogP contribution in [0, 0.1) is 0 Å². The first-order valence-corrected chi connectivity index (χ1v) is 7.12. The molecule has 126 valence electrons. The minimum atomic E-state index is -2.22. The van der Waals surface area contributed by atoms with E-state index in [0.717, 1.165) is 0 Å². The Hall–Kier alpha value is -2.86. The van der Waals surface area contributed by atoms with Gasteiger partial charge in [0.2, 0.25) is 5.78 Å². The smallest absolute Gasteiger partial charge is 0.349 e. The van der Waals surface area contributed by atoms with E-state index in [9.17, 15) is 14.7 Å². The van der Waals surface area contributed by atoms with Gasteiger partial charge in [-0.1, -0.05) is 30.3 Å². The lowest BCUT2D eigenvalue weighted by Crippen LogP contribution is -2.46. The van der Waals surface area contributed by atoms with Crippen molar-refractivity contribution in [3.63, 3.8) is 0 Å². The van der Waals surface area contributed by atoms with Crippen LogP contribution in [0.3, 0.4) is 0 Å². The van der Waals surface area contributed by atoms with E-state index in [1.54, 1.807) is 24.3 Å². The molecule has 1 atom stereocenters. The molecule has 0 fully saturated rings. The van der Waals surface area contributed by atoms with Crippen molar-refractivity contribution in [2.45, 2.75) is 5.60 Å². The van der Waals surface area contributed by atoms with E-state index >= 15 is 0 Å². The second kappa shape index (κ2) is 7.14. The fraction of sp³-hybridized carbons (Fsp3) is 0.222. The highest BCUT2D eigenvalue weighted by atomic mass is 16.5. The topological polar surface area (TPSA) is 82.1 Å². The third kappa shape index (κ3) is 2.83. The van der Waals surface area contributed by atoms with E-state index in [0.29, 0.717) is 5.75 Å². The molecule has 2 aromatic carbocycles. The number of rotatable bonds is 7. The highest BCUT2D eigenvalue weighted by molar-refractivity contribution is 6.15. The number of carboxylic acids is 1. The molecule has 0 radical (unpaired) electrons. The molecule has 1 unspecified atom stereocenters. The summed E-state index contributed by atoms with van der Waals surface area (Å²) in [5.41, 5.74) is -1.91. The maximum atomic E-state index is 13.0. The predicted octanol–water partition coefficient (Wildman–Crippen LogP) is 2.51. The monoisotopic (exact) mass is 330 g/mol. The van der Waals surface area contributed by atoms with Crippen molar-refractivity contribution in [1.82, 2.24) is 0 Å². The van der Waals surface area contributed by atoms with Crippen molar-refractivity contribution in [2.24, 2.45) is 0 Å². The highest BCUT2D eigenvalue weighted by Crippen LogP contribution is 2.38. The van der Waals surface area contributed by atoms with E-state index in [1.807, 2.05) is 0 Å². The summed E-state index contributed by atoms with van der Waals surface area (Å²) in [6.07, 6.45) is 0. The molecule has 0 aliphatic rings. The van der Waals surface area contributed by atoms with Crippen molar-refractivity contribution >= 4 is 11.8 Å². The van der Waals surface area contributed by atoms with Crippen molar-refractivity contribution in [3.05, 3.63) is 59.7 Å². The maximum absolute atomic E-state index is 13.0. The van der Waals surface area contributed by atoms with Crippen molar-refractivity contribution in [3.8, 4) is 11.5 Å². The molecule has 0 aliphatic carbocycles. The van der Waals surface area contributed by atoms with Gasteiger partial charge in [-0.15, -0.1) is 0 Å². The summed E-state index contributed by atoms with van der Waals surface area (Å²) in [5, 5.41) is 9.82. The van der Waals surface area contributed by atoms with Gasteiger partial charge >= 0.3 is 5.97 Å². The fourth-order valence-electron chi connectivity index (χ4n) is 2.51. The zero-order valence-corrected chi connectivity index (χ0v) is 13.6. The van der Waals surface area contributed by atoms with Gasteiger partial charge in [-0.05, 0) is 12.1 Å². The van der Waals surface area contributed by atoms with Crippen molar-refractivity contribution in [1.29, 1.82) is 0 Å². The van der Waals surface area contributed by atoms with Gasteiger partial charge < -0.3 is 19.3 Å². The van der Waals surface area contributed by atoms with Crippen LogP contribution in [0.25, 0.3) is 0 Å². The van der Waals surface area contributed by atoms with Gasteiger partial charge in [-0.25, -0.2) is 4.79 Å². The van der Waals surface area contributed by atoms with Crippen LogP contribution in [0.15, 0.2) is 48.5 Å². The Labute approximate surface area is 139 Å². The van der Waals surface area contributed by atoms with Crippen LogP contribution in [0.2, 0.25) is 0 Å². The number of Topliss-reactive ketones (excluding diaryl/α,β-unsaturated/α-hetero) is 1. The third-order valence-electron chi connectivity index (χ3n) is 3.75. The lowest BCUT2D eigenvalue weighted by Gasteiger charge is -2.28. The first-order chi connectivity index (χ1) is 11.5. The summed E-state index contributed by atoms with van der Waals surface area (Å²) in [4.78, 5) is 25.0. The Morgan fingerprint density at radius 1 is 0.958 bits per heavy atom. The van der Waals surface area contributed by atoms with Gasteiger partial charge in [0.15, 0.2) is 0 Å². The largest absolute Gasteiger partial charge is 0.497 e. The SMILES string of the molecule is COc1ccc(C(OC)(C(=O)O)C(=O)c2ccccc2)c(OC)c1. The van der Waals surface area contributed by atoms with Crippen molar-refractivity contribution in [2.75, 3.05) is 21.3 Å². The number of carbonyl (C=O) groups excluding carboxylic acids is 1. The molecule has 0 aliphatic heterocycles. The molecule has 0 amide bonds. The van der Waals surface area contributed by atoms with Gasteiger partial charge in [0.25, 0.3) is 5.60 Å². The summed E-state index contributed by atoms with van der Waals surface area (Å²) in [5.74, 6) is -1.47. The van der Waals surface area contributed by atoms with E-state index in [-0.39, 0.29) is 16.9 Å². The zero-order valence-electron chi connectivity index (χ0n) is 13.6. The Bertz CT molecular complexity index is 740. The number of ketones is 1. The Morgan fingerprint density at radius 2 is 1.62 bits per heavy atom. The number of benzene rings is 2. The lowest BCUT2D eigenvalue weighted by atomic mass is 9.85. The molecule has 0 spiro atoms. The van der Waals surface area contributed by atoms with E-state index in [4.69, 9.17) is 14.2 Å². The Balaban J connectivity index is 2.69. The second-order valence-corrected chi connectivity index (χ2v) is 4.95.